The molecule has 0 radical (unpaired) electrons. The van der Waals surface area contributed by atoms with Crippen LogP contribution in [-0.2, 0) is 0 Å². The molecule has 1 amide bonds. The van der Waals surface area contributed by atoms with Crippen LogP contribution in [0.25, 0.3) is 0 Å². The largest absolute Gasteiger partial charge is 0.495 e. The number of aromatic nitrogens is 1. The zero-order chi connectivity index (χ0) is 18.7. The SMILES string of the molecule is COc1ccc(C)cc1NC(=O)c1sc(N(C)c2ccccc2)nc1C. The number of anilines is 3. The number of nitrogens with one attached hydrogen (secondary N) is 1. The van der Waals surface area contributed by atoms with E-state index in [-0.39, 0.29) is 5.91 Å². The minimum Gasteiger partial charge on any atom is -0.495 e. The number of ether oxygens (including phenoxy) is 1. The zero-order valence-electron chi connectivity index (χ0n) is 15.2. The fourth-order valence-corrected chi connectivity index (χ4v) is 3.54. The summed E-state index contributed by atoms with van der Waals surface area (Å²) in [7, 11) is 3.53. The van der Waals surface area contributed by atoms with Gasteiger partial charge in [0.05, 0.1) is 18.5 Å². The van der Waals surface area contributed by atoms with E-state index in [0.717, 1.165) is 16.4 Å². The van der Waals surface area contributed by atoms with E-state index in [0.29, 0.717) is 22.0 Å². The quantitative estimate of drug-likeness (QED) is 0.704. The van der Waals surface area contributed by atoms with Crippen LogP contribution in [0.2, 0.25) is 0 Å². The second kappa shape index (κ2) is 7.58. The molecule has 3 rings (SSSR count). The number of hydrogen-bond donors (Lipinski definition) is 1. The molecule has 0 unspecified atom stereocenters. The number of hydrogen-bond acceptors (Lipinski definition) is 5. The van der Waals surface area contributed by atoms with Crippen LogP contribution >= 0.6 is 11.3 Å². The van der Waals surface area contributed by atoms with Gasteiger partial charge in [-0.3, -0.25) is 4.79 Å². The Morgan fingerprint density at radius 1 is 1.15 bits per heavy atom. The summed E-state index contributed by atoms with van der Waals surface area (Å²) in [6.45, 7) is 3.82. The van der Waals surface area contributed by atoms with Crippen molar-refractivity contribution in [3.05, 3.63) is 64.7 Å². The summed E-state index contributed by atoms with van der Waals surface area (Å²) in [4.78, 5) is 19.9. The Hall–Kier alpha value is -2.86. The van der Waals surface area contributed by atoms with Crippen molar-refractivity contribution in [2.45, 2.75) is 13.8 Å². The third kappa shape index (κ3) is 3.70. The average molecular weight is 367 g/mol. The number of aryl methyl sites for hydroxylation is 2. The molecule has 5 nitrogen and oxygen atoms in total. The predicted molar refractivity (Wildman–Crippen MR) is 107 cm³/mol. The van der Waals surface area contributed by atoms with Gasteiger partial charge in [0.15, 0.2) is 5.13 Å². The molecule has 0 saturated heterocycles. The Morgan fingerprint density at radius 2 is 1.88 bits per heavy atom. The van der Waals surface area contributed by atoms with Crippen LogP contribution in [0.5, 0.6) is 5.75 Å². The molecule has 2 aromatic carbocycles. The number of carbonyl (C=O) groups is 1. The standard InChI is InChI=1S/C20H21N3O2S/c1-13-10-11-17(25-4)16(12-13)22-19(24)18-14(2)21-20(26-18)23(3)15-8-6-5-7-9-15/h5-12H,1-4H3,(H,22,24). The molecule has 1 aromatic heterocycles. The van der Waals surface area contributed by atoms with E-state index in [2.05, 4.69) is 10.3 Å². The molecule has 0 atom stereocenters. The first-order chi connectivity index (χ1) is 12.5. The van der Waals surface area contributed by atoms with Crippen molar-refractivity contribution < 1.29 is 9.53 Å². The van der Waals surface area contributed by atoms with Gasteiger partial charge >= 0.3 is 0 Å². The number of benzene rings is 2. The molecule has 0 aliphatic rings. The highest BCUT2D eigenvalue weighted by Crippen LogP contribution is 2.32. The van der Waals surface area contributed by atoms with Gasteiger partial charge in [0.1, 0.15) is 10.6 Å². The summed E-state index contributed by atoms with van der Waals surface area (Å²) >= 11 is 1.37. The van der Waals surface area contributed by atoms with Crippen LogP contribution in [0.4, 0.5) is 16.5 Å². The minimum absolute atomic E-state index is 0.184. The molecule has 0 aliphatic heterocycles. The number of methoxy groups -OCH3 is 1. The van der Waals surface area contributed by atoms with Gasteiger partial charge in [-0.2, -0.15) is 0 Å². The van der Waals surface area contributed by atoms with E-state index in [1.165, 1.54) is 11.3 Å². The molecule has 134 valence electrons. The number of carbonyl (C=O) groups excluding carboxylic acids is 1. The molecule has 0 fully saturated rings. The molecule has 26 heavy (non-hydrogen) atoms. The predicted octanol–water partition coefficient (Wildman–Crippen LogP) is 4.79. The summed E-state index contributed by atoms with van der Waals surface area (Å²) in [5.74, 6) is 0.448. The van der Waals surface area contributed by atoms with Crippen LogP contribution in [0.15, 0.2) is 48.5 Å². The van der Waals surface area contributed by atoms with Gasteiger partial charge in [-0.25, -0.2) is 4.98 Å². The van der Waals surface area contributed by atoms with Crippen LogP contribution in [0.1, 0.15) is 20.9 Å². The van der Waals surface area contributed by atoms with Crippen LogP contribution < -0.4 is 15.0 Å². The van der Waals surface area contributed by atoms with Gasteiger partial charge in [-0.1, -0.05) is 35.6 Å². The molecule has 0 aliphatic carbocycles. The summed E-state index contributed by atoms with van der Waals surface area (Å²) in [5.41, 5.74) is 3.43. The maximum Gasteiger partial charge on any atom is 0.267 e. The summed E-state index contributed by atoms with van der Waals surface area (Å²) < 4.78 is 5.33. The molecule has 0 saturated carbocycles. The highest BCUT2D eigenvalue weighted by molar-refractivity contribution is 7.17. The lowest BCUT2D eigenvalue weighted by atomic mass is 10.2. The Bertz CT molecular complexity index is 922. The summed E-state index contributed by atoms with van der Waals surface area (Å²) in [6, 6.07) is 15.6. The molecule has 0 spiro atoms. The monoisotopic (exact) mass is 367 g/mol. The Kier molecular flexibility index (Phi) is 5.23. The zero-order valence-corrected chi connectivity index (χ0v) is 16.1. The number of para-hydroxylation sites is 1. The molecule has 1 N–H and O–H groups in total. The smallest absolute Gasteiger partial charge is 0.267 e. The van der Waals surface area contributed by atoms with Crippen molar-refractivity contribution in [3.8, 4) is 5.75 Å². The Morgan fingerprint density at radius 3 is 2.58 bits per heavy atom. The first-order valence-electron chi connectivity index (χ1n) is 8.22. The number of thiazole rings is 1. The molecule has 3 aromatic rings. The Labute approximate surface area is 157 Å². The topological polar surface area (TPSA) is 54.5 Å². The second-order valence-electron chi connectivity index (χ2n) is 5.96. The van der Waals surface area contributed by atoms with Crippen LogP contribution in [-0.4, -0.2) is 25.0 Å². The lowest BCUT2D eigenvalue weighted by Gasteiger charge is -2.15. The summed E-state index contributed by atoms with van der Waals surface area (Å²) in [6.07, 6.45) is 0. The van der Waals surface area contributed by atoms with Gasteiger partial charge < -0.3 is 15.0 Å². The number of nitrogens with zero attached hydrogens (tertiary/aromatic N) is 2. The van der Waals surface area contributed by atoms with Crippen molar-refractivity contribution >= 4 is 33.8 Å². The highest BCUT2D eigenvalue weighted by Gasteiger charge is 2.19. The molecule has 1 heterocycles. The van der Waals surface area contributed by atoms with Crippen molar-refractivity contribution in [1.82, 2.24) is 4.98 Å². The van der Waals surface area contributed by atoms with E-state index in [9.17, 15) is 4.79 Å². The third-order valence-electron chi connectivity index (χ3n) is 4.03. The van der Waals surface area contributed by atoms with Gasteiger partial charge in [0, 0.05) is 12.7 Å². The van der Waals surface area contributed by atoms with Crippen molar-refractivity contribution in [2.75, 3.05) is 24.4 Å². The maximum absolute atomic E-state index is 12.8. The fraction of sp³-hybridized carbons (Fsp3) is 0.200. The molecular formula is C20H21N3O2S. The van der Waals surface area contributed by atoms with Crippen molar-refractivity contribution in [1.29, 1.82) is 0 Å². The lowest BCUT2D eigenvalue weighted by molar-refractivity contribution is 0.102. The van der Waals surface area contributed by atoms with E-state index in [4.69, 9.17) is 4.74 Å². The van der Waals surface area contributed by atoms with Crippen molar-refractivity contribution in [2.24, 2.45) is 0 Å². The van der Waals surface area contributed by atoms with Gasteiger partial charge in [0.25, 0.3) is 5.91 Å². The van der Waals surface area contributed by atoms with Gasteiger partial charge in [-0.15, -0.1) is 0 Å². The molecular weight excluding hydrogens is 346 g/mol. The van der Waals surface area contributed by atoms with E-state index < -0.39 is 0 Å². The van der Waals surface area contributed by atoms with Gasteiger partial charge in [-0.05, 0) is 43.7 Å². The first-order valence-corrected chi connectivity index (χ1v) is 9.03. The van der Waals surface area contributed by atoms with E-state index in [1.54, 1.807) is 7.11 Å². The number of rotatable bonds is 5. The van der Waals surface area contributed by atoms with Gasteiger partial charge in [0.2, 0.25) is 0 Å². The molecule has 6 heteroatoms. The lowest BCUT2D eigenvalue weighted by Crippen LogP contribution is -2.12. The fourth-order valence-electron chi connectivity index (χ4n) is 2.60. The Balaban J connectivity index is 1.85. The first kappa shape index (κ1) is 17.9. The highest BCUT2D eigenvalue weighted by atomic mass is 32.1. The number of amides is 1. The second-order valence-corrected chi connectivity index (χ2v) is 6.94. The average Bonchev–Trinajstić information content (AvgIpc) is 3.04. The van der Waals surface area contributed by atoms with E-state index in [1.807, 2.05) is 74.3 Å². The maximum atomic E-state index is 12.8. The summed E-state index contributed by atoms with van der Waals surface area (Å²) in [5, 5.41) is 3.71. The molecule has 0 bridgehead atoms. The minimum atomic E-state index is -0.184. The van der Waals surface area contributed by atoms with E-state index >= 15 is 0 Å². The normalized spacial score (nSPS) is 10.5. The van der Waals surface area contributed by atoms with Crippen molar-refractivity contribution in [3.63, 3.8) is 0 Å². The third-order valence-corrected chi connectivity index (χ3v) is 5.26. The van der Waals surface area contributed by atoms with Crippen LogP contribution in [0, 0.1) is 13.8 Å². The van der Waals surface area contributed by atoms with Crippen LogP contribution in [0.3, 0.4) is 0 Å².